The molecule has 0 aliphatic heterocycles. The van der Waals surface area contributed by atoms with Crippen LogP contribution in [0.15, 0.2) is 42.5 Å². The van der Waals surface area contributed by atoms with Gasteiger partial charge in [0.05, 0.1) is 17.7 Å². The molecular formula is C15H13N3O6. The van der Waals surface area contributed by atoms with Crippen LogP contribution in [0, 0.1) is 10.1 Å². The number of hydrogen-bond donors (Lipinski definition) is 3. The average molecular weight is 331 g/mol. The normalized spacial score (nSPS) is 9.88. The van der Waals surface area contributed by atoms with Gasteiger partial charge in [0.1, 0.15) is 11.5 Å². The maximum absolute atomic E-state index is 11.9. The van der Waals surface area contributed by atoms with Gasteiger partial charge in [-0.15, -0.1) is 0 Å². The molecule has 0 unspecified atom stereocenters. The summed E-state index contributed by atoms with van der Waals surface area (Å²) < 4.78 is 5.00. The van der Waals surface area contributed by atoms with E-state index in [1.54, 1.807) is 0 Å². The summed E-state index contributed by atoms with van der Waals surface area (Å²) in [7, 11) is 1.33. The minimum absolute atomic E-state index is 0.00226. The lowest BCUT2D eigenvalue weighted by Gasteiger charge is -2.10. The van der Waals surface area contributed by atoms with E-state index in [0.29, 0.717) is 5.69 Å². The van der Waals surface area contributed by atoms with Gasteiger partial charge >= 0.3 is 11.8 Å². The second-order valence-corrected chi connectivity index (χ2v) is 4.60. The number of ether oxygens (including phenoxy) is 1. The number of hydrogen-bond acceptors (Lipinski definition) is 6. The number of carbonyl (C=O) groups is 2. The Balaban J connectivity index is 2.13. The van der Waals surface area contributed by atoms with Crippen molar-refractivity contribution in [2.45, 2.75) is 0 Å². The maximum atomic E-state index is 11.9. The van der Waals surface area contributed by atoms with E-state index in [-0.39, 0.29) is 22.9 Å². The third-order valence-electron chi connectivity index (χ3n) is 2.97. The molecule has 0 heterocycles. The minimum atomic E-state index is -1.03. The fourth-order valence-corrected chi connectivity index (χ4v) is 1.82. The van der Waals surface area contributed by atoms with Crippen molar-refractivity contribution in [3.05, 3.63) is 52.6 Å². The zero-order valence-corrected chi connectivity index (χ0v) is 12.5. The maximum Gasteiger partial charge on any atom is 0.314 e. The van der Waals surface area contributed by atoms with Crippen molar-refractivity contribution < 1.29 is 24.4 Å². The quantitative estimate of drug-likeness (QED) is 0.339. The number of nitrogens with zero attached hydrogens (tertiary/aromatic N) is 1. The van der Waals surface area contributed by atoms with E-state index in [1.165, 1.54) is 43.5 Å². The van der Waals surface area contributed by atoms with Crippen LogP contribution in [0.5, 0.6) is 11.5 Å². The number of carbonyl (C=O) groups excluding carboxylic acids is 2. The Labute approximate surface area is 136 Å². The molecule has 2 amide bonds. The molecule has 0 atom stereocenters. The minimum Gasteiger partial charge on any atom is -0.508 e. The van der Waals surface area contributed by atoms with E-state index in [1.807, 2.05) is 0 Å². The van der Waals surface area contributed by atoms with Gasteiger partial charge in [-0.1, -0.05) is 0 Å². The van der Waals surface area contributed by atoms with Crippen molar-refractivity contribution >= 4 is 28.9 Å². The third-order valence-corrected chi connectivity index (χ3v) is 2.97. The summed E-state index contributed by atoms with van der Waals surface area (Å²) in [5, 5.41) is 24.5. The lowest BCUT2D eigenvalue weighted by atomic mass is 10.2. The molecule has 0 fully saturated rings. The first-order valence-corrected chi connectivity index (χ1v) is 6.64. The van der Waals surface area contributed by atoms with E-state index in [2.05, 4.69) is 10.6 Å². The highest BCUT2D eigenvalue weighted by Crippen LogP contribution is 2.28. The number of aromatic hydroxyl groups is 1. The molecule has 0 aliphatic rings. The van der Waals surface area contributed by atoms with Crippen molar-refractivity contribution in [1.29, 1.82) is 0 Å². The zero-order chi connectivity index (χ0) is 17.7. The molecule has 0 aromatic heterocycles. The highest BCUT2D eigenvalue weighted by molar-refractivity contribution is 6.43. The van der Waals surface area contributed by atoms with Gasteiger partial charge in [-0.3, -0.25) is 19.7 Å². The number of phenols is 1. The third kappa shape index (κ3) is 3.97. The molecule has 0 saturated carbocycles. The van der Waals surface area contributed by atoms with Gasteiger partial charge in [-0.2, -0.15) is 0 Å². The average Bonchev–Trinajstić information content (AvgIpc) is 2.56. The van der Waals surface area contributed by atoms with Crippen molar-refractivity contribution in [3.8, 4) is 11.5 Å². The molecule has 0 saturated heterocycles. The molecule has 0 aliphatic carbocycles. The predicted molar refractivity (Wildman–Crippen MR) is 85.0 cm³/mol. The first kappa shape index (κ1) is 16.7. The largest absolute Gasteiger partial charge is 0.508 e. The number of nitro groups is 1. The summed E-state index contributed by atoms with van der Waals surface area (Å²) in [5.74, 6) is -1.82. The van der Waals surface area contributed by atoms with Crippen LogP contribution in [0.1, 0.15) is 0 Å². The molecule has 2 rings (SSSR count). The van der Waals surface area contributed by atoms with Gasteiger partial charge in [-0.05, 0) is 30.3 Å². The molecule has 9 nitrogen and oxygen atoms in total. The number of non-ortho nitro benzene ring substituents is 1. The Morgan fingerprint density at radius 2 is 1.71 bits per heavy atom. The van der Waals surface area contributed by atoms with Gasteiger partial charge in [0.25, 0.3) is 5.69 Å². The Kier molecular flexibility index (Phi) is 4.95. The molecule has 0 radical (unpaired) electrons. The highest BCUT2D eigenvalue weighted by Gasteiger charge is 2.18. The van der Waals surface area contributed by atoms with Crippen LogP contribution < -0.4 is 15.4 Å². The van der Waals surface area contributed by atoms with Gasteiger partial charge < -0.3 is 20.5 Å². The molecule has 9 heteroatoms. The fourth-order valence-electron chi connectivity index (χ4n) is 1.82. The Morgan fingerprint density at radius 1 is 1.08 bits per heavy atom. The summed E-state index contributed by atoms with van der Waals surface area (Å²) in [4.78, 5) is 34.0. The number of anilines is 2. The van der Waals surface area contributed by atoms with Crippen LogP contribution in [0.3, 0.4) is 0 Å². The number of rotatable bonds is 4. The standard InChI is InChI=1S/C15H13N3O6/c1-24-13-7-4-10(18(22)23)8-12(13)17-15(21)14(20)16-9-2-5-11(19)6-3-9/h2-8,19H,1H3,(H,16,20)(H,17,21). The van der Waals surface area contributed by atoms with Crippen LogP contribution in [0.2, 0.25) is 0 Å². The summed E-state index contributed by atoms with van der Waals surface area (Å²) in [6, 6.07) is 9.12. The highest BCUT2D eigenvalue weighted by atomic mass is 16.6. The molecule has 124 valence electrons. The summed E-state index contributed by atoms with van der Waals surface area (Å²) in [6.45, 7) is 0. The van der Waals surface area contributed by atoms with E-state index in [9.17, 15) is 19.7 Å². The van der Waals surface area contributed by atoms with E-state index in [4.69, 9.17) is 9.84 Å². The lowest BCUT2D eigenvalue weighted by Crippen LogP contribution is -2.29. The second kappa shape index (κ2) is 7.09. The van der Waals surface area contributed by atoms with Gasteiger partial charge in [0.15, 0.2) is 0 Å². The first-order valence-electron chi connectivity index (χ1n) is 6.64. The molecule has 0 spiro atoms. The first-order chi connectivity index (χ1) is 11.4. The van der Waals surface area contributed by atoms with Crippen molar-refractivity contribution in [2.75, 3.05) is 17.7 Å². The number of methoxy groups -OCH3 is 1. The van der Waals surface area contributed by atoms with Crippen LogP contribution >= 0.6 is 0 Å². The second-order valence-electron chi connectivity index (χ2n) is 4.60. The number of nitro benzene ring substituents is 1. The van der Waals surface area contributed by atoms with Crippen molar-refractivity contribution in [3.63, 3.8) is 0 Å². The lowest BCUT2D eigenvalue weighted by molar-refractivity contribution is -0.384. The molecule has 3 N–H and O–H groups in total. The SMILES string of the molecule is COc1ccc([N+](=O)[O-])cc1NC(=O)C(=O)Nc1ccc(O)cc1. The molecule has 24 heavy (non-hydrogen) atoms. The Hall–Kier alpha value is -3.62. The molecular weight excluding hydrogens is 318 g/mol. The molecule has 0 bridgehead atoms. The van der Waals surface area contributed by atoms with Gasteiger partial charge in [-0.25, -0.2) is 0 Å². The van der Waals surface area contributed by atoms with E-state index < -0.39 is 16.7 Å². The number of benzene rings is 2. The summed E-state index contributed by atoms with van der Waals surface area (Å²) in [5.41, 5.74) is 0.0431. The fraction of sp³-hybridized carbons (Fsp3) is 0.0667. The predicted octanol–water partition coefficient (Wildman–Crippen LogP) is 1.89. The number of amides is 2. The monoisotopic (exact) mass is 331 g/mol. The van der Waals surface area contributed by atoms with Crippen LogP contribution in [-0.2, 0) is 9.59 Å². The van der Waals surface area contributed by atoms with Gasteiger partial charge in [0, 0.05) is 17.8 Å². The summed E-state index contributed by atoms with van der Waals surface area (Å²) >= 11 is 0. The van der Waals surface area contributed by atoms with E-state index in [0.717, 1.165) is 6.07 Å². The summed E-state index contributed by atoms with van der Waals surface area (Å²) in [6.07, 6.45) is 0. The Bertz CT molecular complexity index is 788. The van der Waals surface area contributed by atoms with Crippen molar-refractivity contribution in [1.82, 2.24) is 0 Å². The van der Waals surface area contributed by atoms with Crippen LogP contribution in [0.25, 0.3) is 0 Å². The topological polar surface area (TPSA) is 131 Å². The smallest absolute Gasteiger partial charge is 0.314 e. The Morgan fingerprint density at radius 3 is 2.29 bits per heavy atom. The molecule has 2 aromatic carbocycles. The zero-order valence-electron chi connectivity index (χ0n) is 12.5. The number of phenolic OH excluding ortho intramolecular Hbond substituents is 1. The van der Waals surface area contributed by atoms with Gasteiger partial charge in [0.2, 0.25) is 0 Å². The number of nitrogens with one attached hydrogen (secondary N) is 2. The molecule has 2 aromatic rings. The van der Waals surface area contributed by atoms with Crippen molar-refractivity contribution in [2.24, 2.45) is 0 Å². The van der Waals surface area contributed by atoms with Crippen LogP contribution in [-0.4, -0.2) is 29.0 Å². The van der Waals surface area contributed by atoms with Crippen LogP contribution in [0.4, 0.5) is 17.1 Å². The van der Waals surface area contributed by atoms with E-state index >= 15 is 0 Å².